The molecular formula is C17H21ClN6O3S2. The Balaban J connectivity index is 1.43. The van der Waals surface area contributed by atoms with Crippen molar-refractivity contribution in [3.63, 3.8) is 0 Å². The van der Waals surface area contributed by atoms with Crippen LogP contribution in [0.25, 0.3) is 0 Å². The average Bonchev–Trinajstić information content (AvgIpc) is 3.23. The zero-order valence-electron chi connectivity index (χ0n) is 15.7. The van der Waals surface area contributed by atoms with E-state index in [0.29, 0.717) is 41.4 Å². The lowest BCUT2D eigenvalue weighted by atomic mass is 10.3. The molecule has 2 aliphatic rings. The Hall–Kier alpha value is -1.66. The molecule has 156 valence electrons. The van der Waals surface area contributed by atoms with Gasteiger partial charge in [0, 0.05) is 31.3 Å². The maximum absolute atomic E-state index is 12.4. The number of nitrogens with zero attached hydrogens (tertiary/aromatic N) is 3. The van der Waals surface area contributed by atoms with Crippen LogP contribution in [0, 0.1) is 0 Å². The number of aromatic amines is 1. The summed E-state index contributed by atoms with van der Waals surface area (Å²) >= 11 is 7.46. The number of halogens is 1. The average molecular weight is 457 g/mol. The van der Waals surface area contributed by atoms with Gasteiger partial charge in [-0.15, -0.1) is 11.8 Å². The van der Waals surface area contributed by atoms with E-state index < -0.39 is 10.0 Å². The number of H-pyrrole nitrogens is 1. The van der Waals surface area contributed by atoms with Gasteiger partial charge in [-0.25, -0.2) is 23.1 Å². The highest BCUT2D eigenvalue weighted by Crippen LogP contribution is 2.45. The SMILES string of the molecule is COCCNS(=O)(=O)C1=CCC(c2ncc(Cl)c(Nc3cc(C4CC4)[nH]n3)n2)S1. The van der Waals surface area contributed by atoms with Gasteiger partial charge in [0.05, 0.1) is 18.1 Å². The molecule has 9 nitrogen and oxygen atoms in total. The van der Waals surface area contributed by atoms with Crippen LogP contribution in [0.4, 0.5) is 11.6 Å². The van der Waals surface area contributed by atoms with Gasteiger partial charge in [0.2, 0.25) is 10.0 Å². The molecule has 0 bridgehead atoms. The first-order valence-electron chi connectivity index (χ1n) is 9.16. The van der Waals surface area contributed by atoms with E-state index in [1.54, 1.807) is 6.08 Å². The maximum Gasteiger partial charge on any atom is 0.246 e. The number of rotatable bonds is 9. The van der Waals surface area contributed by atoms with E-state index >= 15 is 0 Å². The monoisotopic (exact) mass is 456 g/mol. The summed E-state index contributed by atoms with van der Waals surface area (Å²) in [6.07, 6.45) is 6.07. The van der Waals surface area contributed by atoms with Gasteiger partial charge < -0.3 is 10.1 Å². The second-order valence-corrected chi connectivity index (χ2v) is 10.4. The second kappa shape index (κ2) is 8.60. The summed E-state index contributed by atoms with van der Waals surface area (Å²) in [6.45, 7) is 0.533. The summed E-state index contributed by atoms with van der Waals surface area (Å²) in [6, 6.07) is 1.96. The third kappa shape index (κ3) is 4.92. The molecule has 3 N–H and O–H groups in total. The standard InChI is InChI=1S/C17H21ClN6O3S2/c1-27-7-6-20-29(25,26)15-5-4-13(28-15)17-19-9-11(18)16(22-17)21-14-8-12(23-24-14)10-2-3-10/h5,8-10,13,20H,2-4,6-7H2,1H3,(H2,19,21,22,23,24). The van der Waals surface area contributed by atoms with E-state index in [0.717, 1.165) is 5.69 Å². The van der Waals surface area contributed by atoms with E-state index in [-0.39, 0.29) is 16.0 Å². The largest absolute Gasteiger partial charge is 0.383 e. The normalized spacial score (nSPS) is 19.4. The molecule has 29 heavy (non-hydrogen) atoms. The van der Waals surface area contributed by atoms with Crippen molar-refractivity contribution < 1.29 is 13.2 Å². The molecule has 1 unspecified atom stereocenters. The minimum absolute atomic E-state index is 0.206. The lowest BCUT2D eigenvalue weighted by Gasteiger charge is -2.12. The first-order valence-corrected chi connectivity index (χ1v) is 11.9. The van der Waals surface area contributed by atoms with Crippen molar-refractivity contribution >= 4 is 45.0 Å². The summed E-state index contributed by atoms with van der Waals surface area (Å²) in [5.41, 5.74) is 1.10. The fourth-order valence-corrected chi connectivity index (χ4v) is 5.73. The molecule has 0 saturated heterocycles. The molecular weight excluding hydrogens is 436 g/mol. The van der Waals surface area contributed by atoms with Crippen molar-refractivity contribution in [1.29, 1.82) is 0 Å². The molecule has 1 atom stereocenters. The van der Waals surface area contributed by atoms with Crippen LogP contribution in [0.15, 0.2) is 22.6 Å². The Bertz CT molecular complexity index is 1020. The summed E-state index contributed by atoms with van der Waals surface area (Å²) in [4.78, 5) is 8.81. The molecule has 2 aromatic rings. The summed E-state index contributed by atoms with van der Waals surface area (Å²) in [7, 11) is -2.04. The van der Waals surface area contributed by atoms with Crippen LogP contribution in [0.5, 0.6) is 0 Å². The van der Waals surface area contributed by atoms with Crippen LogP contribution in [0.1, 0.15) is 41.9 Å². The van der Waals surface area contributed by atoms with Crippen molar-refractivity contribution in [2.75, 3.05) is 25.6 Å². The number of hydrogen-bond donors (Lipinski definition) is 3. The zero-order chi connectivity index (χ0) is 20.4. The first kappa shape index (κ1) is 20.6. The number of aromatic nitrogens is 4. The molecule has 4 rings (SSSR count). The second-order valence-electron chi connectivity index (χ2n) is 6.79. The van der Waals surface area contributed by atoms with Crippen molar-refractivity contribution in [1.82, 2.24) is 24.9 Å². The van der Waals surface area contributed by atoms with Crippen LogP contribution >= 0.6 is 23.4 Å². The molecule has 1 fully saturated rings. The van der Waals surface area contributed by atoms with Gasteiger partial charge in [0.25, 0.3) is 0 Å². The van der Waals surface area contributed by atoms with Crippen molar-refractivity contribution in [3.8, 4) is 0 Å². The van der Waals surface area contributed by atoms with Crippen LogP contribution < -0.4 is 10.0 Å². The highest BCUT2D eigenvalue weighted by atomic mass is 35.5. The van der Waals surface area contributed by atoms with Gasteiger partial charge in [0.1, 0.15) is 15.1 Å². The number of methoxy groups -OCH3 is 1. The van der Waals surface area contributed by atoms with Crippen LogP contribution in [0.3, 0.4) is 0 Å². The van der Waals surface area contributed by atoms with Gasteiger partial charge >= 0.3 is 0 Å². The molecule has 0 aromatic carbocycles. The molecule has 2 aromatic heterocycles. The minimum atomic E-state index is -3.56. The Labute approximate surface area is 178 Å². The predicted molar refractivity (Wildman–Crippen MR) is 113 cm³/mol. The molecule has 1 saturated carbocycles. The Morgan fingerprint density at radius 1 is 1.41 bits per heavy atom. The number of anilines is 2. The lowest BCUT2D eigenvalue weighted by Crippen LogP contribution is -2.27. The molecule has 3 heterocycles. The Morgan fingerprint density at radius 2 is 2.24 bits per heavy atom. The van der Waals surface area contributed by atoms with E-state index in [2.05, 4.69) is 30.2 Å². The van der Waals surface area contributed by atoms with Crippen LogP contribution in [-0.2, 0) is 14.8 Å². The van der Waals surface area contributed by atoms with Crippen molar-refractivity contribution in [2.45, 2.75) is 30.4 Å². The Morgan fingerprint density at radius 3 is 3.00 bits per heavy atom. The third-order valence-electron chi connectivity index (χ3n) is 4.53. The first-order chi connectivity index (χ1) is 14.0. The molecule has 0 amide bonds. The number of thioether (sulfide) groups is 1. The van der Waals surface area contributed by atoms with E-state index in [9.17, 15) is 8.42 Å². The third-order valence-corrected chi connectivity index (χ3v) is 8.12. The van der Waals surface area contributed by atoms with Crippen molar-refractivity contribution in [3.05, 3.63) is 39.1 Å². The smallest absolute Gasteiger partial charge is 0.246 e. The zero-order valence-corrected chi connectivity index (χ0v) is 18.1. The highest BCUT2D eigenvalue weighted by molar-refractivity contribution is 8.18. The lowest BCUT2D eigenvalue weighted by molar-refractivity contribution is 0.204. The van der Waals surface area contributed by atoms with Gasteiger partial charge in [-0.3, -0.25) is 5.10 Å². The Kier molecular flexibility index (Phi) is 6.11. The van der Waals surface area contributed by atoms with Crippen LogP contribution in [-0.4, -0.2) is 48.8 Å². The van der Waals surface area contributed by atoms with Gasteiger partial charge in [-0.2, -0.15) is 5.10 Å². The number of nitrogens with one attached hydrogen (secondary N) is 3. The topological polar surface area (TPSA) is 122 Å². The number of sulfonamides is 1. The molecule has 0 radical (unpaired) electrons. The fraction of sp³-hybridized carbons (Fsp3) is 0.471. The van der Waals surface area contributed by atoms with Crippen LogP contribution in [0.2, 0.25) is 5.02 Å². The molecule has 1 aliphatic carbocycles. The van der Waals surface area contributed by atoms with E-state index in [1.807, 2.05) is 6.07 Å². The molecule has 1 aliphatic heterocycles. The summed E-state index contributed by atoms with van der Waals surface area (Å²) in [5, 5.41) is 10.6. The summed E-state index contributed by atoms with van der Waals surface area (Å²) in [5.74, 6) is 2.16. The van der Waals surface area contributed by atoms with E-state index in [1.165, 1.54) is 37.9 Å². The minimum Gasteiger partial charge on any atom is -0.383 e. The summed E-state index contributed by atoms with van der Waals surface area (Å²) < 4.78 is 32.4. The maximum atomic E-state index is 12.4. The van der Waals surface area contributed by atoms with Gasteiger partial charge in [-0.05, 0) is 19.3 Å². The number of ether oxygens (including phenoxy) is 1. The quantitative estimate of drug-likeness (QED) is 0.492. The molecule has 0 spiro atoms. The van der Waals surface area contributed by atoms with E-state index in [4.69, 9.17) is 16.3 Å². The number of hydrogen-bond acceptors (Lipinski definition) is 8. The fourth-order valence-electron chi connectivity index (χ4n) is 2.87. The van der Waals surface area contributed by atoms with Crippen molar-refractivity contribution in [2.24, 2.45) is 0 Å². The van der Waals surface area contributed by atoms with Gasteiger partial charge in [-0.1, -0.05) is 17.7 Å². The predicted octanol–water partition coefficient (Wildman–Crippen LogP) is 3.06. The highest BCUT2D eigenvalue weighted by Gasteiger charge is 2.30. The number of allylic oxidation sites excluding steroid dienone is 1. The van der Waals surface area contributed by atoms with Gasteiger partial charge in [0.15, 0.2) is 11.6 Å². The molecule has 12 heteroatoms.